The van der Waals surface area contributed by atoms with Crippen molar-refractivity contribution in [3.8, 4) is 5.95 Å². The summed E-state index contributed by atoms with van der Waals surface area (Å²) in [6, 6.07) is 7.44. The third-order valence-electron chi connectivity index (χ3n) is 4.76. The molecule has 0 aliphatic carbocycles. The van der Waals surface area contributed by atoms with E-state index in [1.165, 1.54) is 18.4 Å². The Labute approximate surface area is 163 Å². The quantitative estimate of drug-likeness (QED) is 0.711. The number of hydrogen-bond acceptors (Lipinski definition) is 5. The van der Waals surface area contributed by atoms with Crippen molar-refractivity contribution in [1.82, 2.24) is 19.7 Å². The number of rotatable bonds is 5. The van der Waals surface area contributed by atoms with Crippen molar-refractivity contribution < 1.29 is 4.79 Å². The van der Waals surface area contributed by atoms with Gasteiger partial charge in [0.1, 0.15) is 0 Å². The van der Waals surface area contributed by atoms with Gasteiger partial charge in [0.05, 0.1) is 36.2 Å². The number of benzene rings is 1. The van der Waals surface area contributed by atoms with Gasteiger partial charge in [-0.25, -0.2) is 19.4 Å². The average molecular weight is 377 g/mol. The lowest BCUT2D eigenvalue weighted by Crippen LogP contribution is -2.19. The molecule has 3 heterocycles. The van der Waals surface area contributed by atoms with E-state index in [1.54, 1.807) is 17.1 Å². The first-order valence-electron chi connectivity index (χ1n) is 9.50. The van der Waals surface area contributed by atoms with E-state index >= 15 is 0 Å². The Balaban J connectivity index is 1.37. The van der Waals surface area contributed by atoms with Crippen LogP contribution in [0.5, 0.6) is 0 Å². The van der Waals surface area contributed by atoms with Crippen LogP contribution in [0, 0.1) is 0 Å². The summed E-state index contributed by atoms with van der Waals surface area (Å²) >= 11 is 0. The molecule has 0 bridgehead atoms. The zero-order chi connectivity index (χ0) is 19.3. The van der Waals surface area contributed by atoms with Crippen LogP contribution in [0.2, 0.25) is 0 Å². The van der Waals surface area contributed by atoms with Gasteiger partial charge in [0.15, 0.2) is 0 Å². The van der Waals surface area contributed by atoms with Crippen LogP contribution >= 0.6 is 0 Å². The molecule has 144 valence electrons. The Morgan fingerprint density at radius 1 is 1.00 bits per heavy atom. The van der Waals surface area contributed by atoms with Gasteiger partial charge in [-0.1, -0.05) is 19.1 Å². The molecule has 1 aliphatic heterocycles. The molecule has 0 saturated carbocycles. The summed E-state index contributed by atoms with van der Waals surface area (Å²) in [6.07, 6.45) is 10.3. The maximum atomic E-state index is 12.2. The van der Waals surface area contributed by atoms with E-state index in [-0.39, 0.29) is 6.03 Å². The highest BCUT2D eigenvalue weighted by molar-refractivity contribution is 5.99. The van der Waals surface area contributed by atoms with Crippen LogP contribution in [0.15, 0.2) is 49.1 Å². The van der Waals surface area contributed by atoms with Gasteiger partial charge < -0.3 is 15.5 Å². The second-order valence-corrected chi connectivity index (χ2v) is 6.74. The lowest BCUT2D eigenvalue weighted by Gasteiger charge is -2.16. The van der Waals surface area contributed by atoms with Gasteiger partial charge >= 0.3 is 6.03 Å². The van der Waals surface area contributed by atoms with Gasteiger partial charge in [-0.05, 0) is 37.0 Å². The summed E-state index contributed by atoms with van der Waals surface area (Å²) in [7, 11) is 0. The van der Waals surface area contributed by atoms with Crippen LogP contribution in [0.1, 0.15) is 25.3 Å². The average Bonchev–Trinajstić information content (AvgIpc) is 3.41. The van der Waals surface area contributed by atoms with Crippen LogP contribution in [0.3, 0.4) is 0 Å². The number of amides is 2. The van der Waals surface area contributed by atoms with E-state index in [4.69, 9.17) is 0 Å². The minimum atomic E-state index is -0.325. The van der Waals surface area contributed by atoms with E-state index in [9.17, 15) is 4.79 Å². The zero-order valence-corrected chi connectivity index (χ0v) is 15.8. The van der Waals surface area contributed by atoms with Crippen molar-refractivity contribution in [3.05, 3.63) is 54.6 Å². The standard InChI is InChI=1S/C20H23N7O/c1-2-15-5-7-16(8-6-15)24-20(28)25-17-11-23-27(14-17)19-21-12-18(13-22-19)26-9-3-4-10-26/h5-8,11-14H,2-4,9-10H2,1H3,(H2,24,25,28). The van der Waals surface area contributed by atoms with Crippen molar-refractivity contribution in [2.45, 2.75) is 26.2 Å². The Kier molecular flexibility index (Phi) is 5.18. The van der Waals surface area contributed by atoms with Crippen LogP contribution in [-0.2, 0) is 6.42 Å². The van der Waals surface area contributed by atoms with Gasteiger partial charge in [0, 0.05) is 18.8 Å². The molecule has 3 aromatic rings. The van der Waals surface area contributed by atoms with E-state index in [0.29, 0.717) is 11.6 Å². The summed E-state index contributed by atoms with van der Waals surface area (Å²) in [5.74, 6) is 0.464. The molecule has 4 rings (SSSR count). The molecule has 2 N–H and O–H groups in total. The number of hydrogen-bond donors (Lipinski definition) is 2. The minimum absolute atomic E-state index is 0.325. The first-order chi connectivity index (χ1) is 13.7. The van der Waals surface area contributed by atoms with Gasteiger partial charge in [-0.2, -0.15) is 5.10 Å². The van der Waals surface area contributed by atoms with Gasteiger partial charge in [0.2, 0.25) is 0 Å². The highest BCUT2D eigenvalue weighted by atomic mass is 16.2. The van der Waals surface area contributed by atoms with E-state index < -0.39 is 0 Å². The predicted octanol–water partition coefficient (Wildman–Crippen LogP) is 3.47. The topological polar surface area (TPSA) is 88.0 Å². The molecule has 1 fully saturated rings. The van der Waals surface area contributed by atoms with E-state index in [2.05, 4.69) is 37.5 Å². The molecule has 1 aliphatic rings. The number of aromatic nitrogens is 4. The number of carbonyl (C=O) groups is 1. The van der Waals surface area contributed by atoms with Crippen LogP contribution in [0.25, 0.3) is 5.95 Å². The Hall–Kier alpha value is -3.42. The second kappa shape index (κ2) is 8.08. The number of nitrogens with zero attached hydrogens (tertiary/aromatic N) is 5. The van der Waals surface area contributed by atoms with Gasteiger partial charge in [-0.15, -0.1) is 0 Å². The summed E-state index contributed by atoms with van der Waals surface area (Å²) < 4.78 is 1.54. The molecule has 0 radical (unpaired) electrons. The summed E-state index contributed by atoms with van der Waals surface area (Å²) in [4.78, 5) is 23.2. The Bertz CT molecular complexity index is 928. The fraction of sp³-hybridized carbons (Fsp3) is 0.300. The summed E-state index contributed by atoms with van der Waals surface area (Å²) in [6.45, 7) is 4.19. The fourth-order valence-corrected chi connectivity index (χ4v) is 3.19. The lowest BCUT2D eigenvalue weighted by atomic mass is 10.1. The van der Waals surface area contributed by atoms with Gasteiger partial charge in [-0.3, -0.25) is 0 Å². The molecule has 0 unspecified atom stereocenters. The highest BCUT2D eigenvalue weighted by Gasteiger charge is 2.13. The van der Waals surface area contributed by atoms with Crippen molar-refractivity contribution in [3.63, 3.8) is 0 Å². The first kappa shape index (κ1) is 18.0. The third-order valence-corrected chi connectivity index (χ3v) is 4.76. The number of nitrogens with one attached hydrogen (secondary N) is 2. The van der Waals surface area contributed by atoms with E-state index in [1.807, 2.05) is 36.7 Å². The molecule has 0 atom stereocenters. The minimum Gasteiger partial charge on any atom is -0.369 e. The SMILES string of the molecule is CCc1ccc(NC(=O)Nc2cnn(-c3ncc(N4CCCC4)cn3)c2)cc1. The first-order valence-corrected chi connectivity index (χ1v) is 9.50. The Morgan fingerprint density at radius 3 is 2.36 bits per heavy atom. The molecule has 2 amide bonds. The number of anilines is 3. The molecule has 1 saturated heterocycles. The molecular weight excluding hydrogens is 354 g/mol. The smallest absolute Gasteiger partial charge is 0.323 e. The maximum absolute atomic E-state index is 12.2. The maximum Gasteiger partial charge on any atom is 0.323 e. The Morgan fingerprint density at radius 2 is 1.68 bits per heavy atom. The van der Waals surface area contributed by atoms with Gasteiger partial charge in [0.25, 0.3) is 5.95 Å². The zero-order valence-electron chi connectivity index (χ0n) is 15.8. The monoisotopic (exact) mass is 377 g/mol. The highest BCUT2D eigenvalue weighted by Crippen LogP contribution is 2.19. The molecule has 1 aromatic carbocycles. The molecule has 8 nitrogen and oxygen atoms in total. The van der Waals surface area contributed by atoms with Crippen LogP contribution in [-0.4, -0.2) is 38.9 Å². The largest absolute Gasteiger partial charge is 0.369 e. The lowest BCUT2D eigenvalue weighted by molar-refractivity contribution is 0.262. The third kappa shape index (κ3) is 4.11. The molecule has 0 spiro atoms. The van der Waals surface area contributed by atoms with Crippen LogP contribution < -0.4 is 15.5 Å². The van der Waals surface area contributed by atoms with Crippen LogP contribution in [0.4, 0.5) is 21.9 Å². The predicted molar refractivity (Wildman–Crippen MR) is 109 cm³/mol. The van der Waals surface area contributed by atoms with Crippen molar-refractivity contribution in [1.29, 1.82) is 0 Å². The second-order valence-electron chi connectivity index (χ2n) is 6.74. The summed E-state index contributed by atoms with van der Waals surface area (Å²) in [5.41, 5.74) is 3.56. The molecule has 8 heteroatoms. The fourth-order valence-electron chi connectivity index (χ4n) is 3.19. The molecule has 28 heavy (non-hydrogen) atoms. The number of aryl methyl sites for hydroxylation is 1. The van der Waals surface area contributed by atoms with Crippen molar-refractivity contribution in [2.75, 3.05) is 28.6 Å². The van der Waals surface area contributed by atoms with E-state index in [0.717, 1.165) is 30.9 Å². The normalized spacial score (nSPS) is 13.5. The van der Waals surface area contributed by atoms with Crippen molar-refractivity contribution in [2.24, 2.45) is 0 Å². The summed E-state index contributed by atoms with van der Waals surface area (Å²) in [5, 5.41) is 9.81. The molecular formula is C20H23N7O. The number of carbonyl (C=O) groups excluding carboxylic acids is 1. The molecule has 2 aromatic heterocycles. The van der Waals surface area contributed by atoms with Crippen molar-refractivity contribution >= 4 is 23.1 Å². The number of urea groups is 1.